The molecule has 6 heteroatoms. The lowest BCUT2D eigenvalue weighted by Gasteiger charge is -2.07. The Bertz CT molecular complexity index is 670. The van der Waals surface area contributed by atoms with E-state index in [0.717, 1.165) is 6.42 Å². The fraction of sp³-hybridized carbons (Fsp3) is 0.231. The van der Waals surface area contributed by atoms with Gasteiger partial charge in [-0.05, 0) is 56.5 Å². The summed E-state index contributed by atoms with van der Waals surface area (Å²) < 4.78 is 14.1. The Labute approximate surface area is 126 Å². The van der Waals surface area contributed by atoms with Crippen LogP contribution in [0.25, 0.3) is 11.4 Å². The lowest BCUT2D eigenvalue weighted by molar-refractivity contribution is 0.627. The first-order valence-electron chi connectivity index (χ1n) is 5.77. The van der Waals surface area contributed by atoms with Crippen molar-refractivity contribution in [2.24, 2.45) is 0 Å². The summed E-state index contributed by atoms with van der Waals surface area (Å²) >= 11 is 6.52. The highest BCUT2D eigenvalue weighted by molar-refractivity contribution is 9.10. The Morgan fingerprint density at radius 3 is 2.74 bits per heavy atom. The number of aryl methyl sites for hydroxylation is 1. The maximum atomic E-state index is 13.1. The van der Waals surface area contributed by atoms with Crippen LogP contribution in [0.4, 0.5) is 4.39 Å². The number of aromatic nitrogens is 2. The third-order valence-corrected chi connectivity index (χ3v) is 4.08. The van der Waals surface area contributed by atoms with E-state index >= 15 is 0 Å². The Hall–Kier alpha value is -1.01. The van der Waals surface area contributed by atoms with E-state index < -0.39 is 0 Å². The van der Waals surface area contributed by atoms with E-state index in [2.05, 4.69) is 41.8 Å². The molecule has 1 N–H and O–H groups in total. The van der Waals surface area contributed by atoms with E-state index in [1.54, 1.807) is 6.07 Å². The summed E-state index contributed by atoms with van der Waals surface area (Å²) in [6, 6.07) is 4.26. The van der Waals surface area contributed by atoms with Crippen molar-refractivity contribution in [1.82, 2.24) is 9.97 Å². The van der Waals surface area contributed by atoms with E-state index in [4.69, 9.17) is 0 Å². The number of halogens is 3. The van der Waals surface area contributed by atoms with Crippen LogP contribution < -0.4 is 5.56 Å². The first-order valence-corrected chi connectivity index (χ1v) is 7.35. The normalized spacial score (nSPS) is 10.7. The molecule has 0 unspecified atom stereocenters. The molecule has 19 heavy (non-hydrogen) atoms. The minimum absolute atomic E-state index is 0.232. The van der Waals surface area contributed by atoms with Gasteiger partial charge in [0.1, 0.15) is 16.1 Å². The maximum Gasteiger partial charge on any atom is 0.265 e. The molecule has 0 saturated heterocycles. The molecule has 0 radical (unpaired) electrons. The van der Waals surface area contributed by atoms with Gasteiger partial charge in [0, 0.05) is 10.0 Å². The van der Waals surface area contributed by atoms with Crippen molar-refractivity contribution in [1.29, 1.82) is 0 Å². The predicted octanol–water partition coefficient (Wildman–Crippen LogP) is 4.05. The van der Waals surface area contributed by atoms with Crippen LogP contribution >= 0.6 is 31.9 Å². The summed E-state index contributed by atoms with van der Waals surface area (Å²) in [5, 5.41) is 0. The van der Waals surface area contributed by atoms with Crippen molar-refractivity contribution in [2.45, 2.75) is 19.8 Å². The van der Waals surface area contributed by atoms with Gasteiger partial charge in [-0.3, -0.25) is 4.79 Å². The molecule has 3 nitrogen and oxygen atoms in total. The van der Waals surface area contributed by atoms with E-state index in [-0.39, 0.29) is 11.4 Å². The van der Waals surface area contributed by atoms with Gasteiger partial charge in [-0.1, -0.05) is 13.3 Å². The van der Waals surface area contributed by atoms with Crippen molar-refractivity contribution >= 4 is 31.9 Å². The molecule has 1 aromatic heterocycles. The molecule has 0 saturated carbocycles. The highest BCUT2D eigenvalue weighted by Crippen LogP contribution is 2.26. The van der Waals surface area contributed by atoms with E-state index in [0.29, 0.717) is 32.4 Å². The second-order valence-electron chi connectivity index (χ2n) is 4.05. The van der Waals surface area contributed by atoms with Gasteiger partial charge in [-0.2, -0.15) is 0 Å². The topological polar surface area (TPSA) is 45.8 Å². The third-order valence-electron chi connectivity index (χ3n) is 2.60. The lowest BCUT2D eigenvalue weighted by atomic mass is 10.2. The maximum absolute atomic E-state index is 13.1. The minimum Gasteiger partial charge on any atom is -0.306 e. The Kier molecular flexibility index (Phi) is 4.52. The van der Waals surface area contributed by atoms with E-state index in [9.17, 15) is 9.18 Å². The lowest BCUT2D eigenvalue weighted by Crippen LogP contribution is -2.13. The number of rotatable bonds is 3. The fourth-order valence-electron chi connectivity index (χ4n) is 1.72. The molecule has 0 aliphatic rings. The Morgan fingerprint density at radius 2 is 2.11 bits per heavy atom. The molecule has 1 aromatic carbocycles. The van der Waals surface area contributed by atoms with E-state index in [1.165, 1.54) is 12.1 Å². The van der Waals surface area contributed by atoms with Crippen LogP contribution in [0.2, 0.25) is 0 Å². The monoisotopic (exact) mass is 388 g/mol. The van der Waals surface area contributed by atoms with Gasteiger partial charge in [-0.15, -0.1) is 0 Å². The summed E-state index contributed by atoms with van der Waals surface area (Å²) in [4.78, 5) is 19.0. The zero-order valence-corrected chi connectivity index (χ0v) is 13.3. The van der Waals surface area contributed by atoms with Crippen LogP contribution in [0, 0.1) is 5.82 Å². The number of nitrogens with one attached hydrogen (secondary N) is 1. The second-order valence-corrected chi connectivity index (χ2v) is 5.70. The predicted molar refractivity (Wildman–Crippen MR) is 79.6 cm³/mol. The van der Waals surface area contributed by atoms with Gasteiger partial charge in [-0.25, -0.2) is 9.37 Å². The van der Waals surface area contributed by atoms with E-state index in [1.807, 2.05) is 6.92 Å². The van der Waals surface area contributed by atoms with Crippen LogP contribution in [0.3, 0.4) is 0 Å². The van der Waals surface area contributed by atoms with Gasteiger partial charge in [0.15, 0.2) is 0 Å². The number of nitrogens with zero attached hydrogens (tertiary/aromatic N) is 1. The molecule has 0 bridgehead atoms. The Morgan fingerprint density at radius 1 is 1.37 bits per heavy atom. The molecular formula is C13H11Br2FN2O. The molecule has 1 heterocycles. The molecule has 2 aromatic rings. The molecule has 0 aliphatic heterocycles. The highest BCUT2D eigenvalue weighted by Gasteiger charge is 2.12. The van der Waals surface area contributed by atoms with Crippen molar-refractivity contribution < 1.29 is 4.39 Å². The summed E-state index contributed by atoms with van der Waals surface area (Å²) in [7, 11) is 0. The third kappa shape index (κ3) is 3.12. The SMILES string of the molecule is CCCc1nc(-c2ccc(F)cc2Br)[nH]c(=O)c1Br. The van der Waals surface area contributed by atoms with Gasteiger partial charge in [0.2, 0.25) is 0 Å². The average Bonchev–Trinajstić information content (AvgIpc) is 2.35. The molecule has 0 atom stereocenters. The molecule has 0 amide bonds. The molecule has 0 spiro atoms. The van der Waals surface area contributed by atoms with Crippen molar-refractivity contribution in [2.75, 3.05) is 0 Å². The van der Waals surface area contributed by atoms with Gasteiger partial charge < -0.3 is 4.98 Å². The summed E-state index contributed by atoms with van der Waals surface area (Å²) in [6.07, 6.45) is 1.59. The number of hydrogen-bond donors (Lipinski definition) is 1. The smallest absolute Gasteiger partial charge is 0.265 e. The van der Waals surface area contributed by atoms with Crippen LogP contribution in [-0.4, -0.2) is 9.97 Å². The average molecular weight is 390 g/mol. The quantitative estimate of drug-likeness (QED) is 0.860. The number of hydrogen-bond acceptors (Lipinski definition) is 2. The summed E-state index contributed by atoms with van der Waals surface area (Å²) in [6.45, 7) is 2.02. The number of benzene rings is 1. The molecule has 100 valence electrons. The second kappa shape index (κ2) is 5.96. The van der Waals surface area contributed by atoms with Crippen LogP contribution in [0.5, 0.6) is 0 Å². The zero-order chi connectivity index (χ0) is 14.0. The number of aromatic amines is 1. The Balaban J connectivity index is 2.59. The van der Waals surface area contributed by atoms with Crippen molar-refractivity contribution in [3.8, 4) is 11.4 Å². The molecule has 0 fully saturated rings. The highest BCUT2D eigenvalue weighted by atomic mass is 79.9. The first-order chi connectivity index (χ1) is 9.02. The van der Waals surface area contributed by atoms with Gasteiger partial charge in [0.05, 0.1) is 5.69 Å². The zero-order valence-electron chi connectivity index (χ0n) is 10.1. The van der Waals surface area contributed by atoms with Crippen LogP contribution in [-0.2, 0) is 6.42 Å². The first kappa shape index (κ1) is 14.4. The molecule has 0 aliphatic carbocycles. The van der Waals surface area contributed by atoms with Crippen LogP contribution in [0.1, 0.15) is 19.0 Å². The number of H-pyrrole nitrogens is 1. The standard InChI is InChI=1S/C13H11Br2FN2O/c1-2-3-10-11(15)13(19)18-12(17-10)8-5-4-7(16)6-9(8)14/h4-6H,2-3H2,1H3,(H,17,18,19). The molecular weight excluding hydrogens is 379 g/mol. The van der Waals surface area contributed by atoms with Crippen molar-refractivity contribution in [3.05, 3.63) is 49.0 Å². The summed E-state index contributed by atoms with van der Waals surface area (Å²) in [5.74, 6) is 0.0902. The summed E-state index contributed by atoms with van der Waals surface area (Å²) in [5.41, 5.74) is 1.13. The fourth-order valence-corrected chi connectivity index (χ4v) is 2.64. The van der Waals surface area contributed by atoms with Gasteiger partial charge in [0.25, 0.3) is 5.56 Å². The van der Waals surface area contributed by atoms with Crippen molar-refractivity contribution in [3.63, 3.8) is 0 Å². The van der Waals surface area contributed by atoms with Gasteiger partial charge >= 0.3 is 0 Å². The van der Waals surface area contributed by atoms with Crippen LogP contribution in [0.15, 0.2) is 31.9 Å². The minimum atomic E-state index is -0.344. The molecule has 2 rings (SSSR count). The largest absolute Gasteiger partial charge is 0.306 e.